The standard InChI is InChI=1S/C14H9BrN.C4H10N.C2H7Si.2ClH.Zr/c15-13-5-6-16-14(9-13)12-7-10-3-1-2-4-11(10)8-12;1-4(2,3)5;1-3-2;;;/h1-9H;5H,1-3H3;3H,1-2H3;2*1H;/q;-1;;;;+3/p-2. The maximum absolute atomic E-state index is 7.68. The van der Waals surface area contributed by atoms with E-state index in [9.17, 15) is 0 Å². The van der Waals surface area contributed by atoms with E-state index in [0.29, 0.717) is 0 Å². The number of benzene rings is 1. The normalized spacial score (nSPS) is 18.8. The molecule has 1 atom stereocenters. The number of rotatable bonds is 4. The SMILES string of the molecule is C[SiH](C)[Zr]([Cl])([Cl])([NH]C(C)(C)C)[CH]1C(c2cc(Br)ccn2)=Cc2ccccc21. The predicted octanol–water partition coefficient (Wildman–Crippen LogP) is 6.72. The van der Waals surface area contributed by atoms with E-state index in [1.165, 1.54) is 11.1 Å². The zero-order chi connectivity index (χ0) is 20.1. The molecule has 7 heteroatoms. The van der Waals surface area contributed by atoms with Gasteiger partial charge in [-0.2, -0.15) is 0 Å². The molecule has 2 nitrogen and oxygen atoms in total. The molecule has 0 radical (unpaired) electrons. The van der Waals surface area contributed by atoms with Crippen molar-refractivity contribution in [3.8, 4) is 0 Å². The van der Waals surface area contributed by atoms with Gasteiger partial charge in [0.25, 0.3) is 0 Å². The average molecular weight is 565 g/mol. The second kappa shape index (κ2) is 7.49. The molecule has 0 saturated heterocycles. The Balaban J connectivity index is 2.27. The topological polar surface area (TPSA) is 24.9 Å². The number of fused-ring (bicyclic) bond motifs is 1. The number of allylic oxidation sites excluding steroid dienone is 1. The fraction of sp³-hybridized carbons (Fsp3) is 0.350. The van der Waals surface area contributed by atoms with Crippen molar-refractivity contribution in [2.45, 2.75) is 43.0 Å². The summed E-state index contributed by atoms with van der Waals surface area (Å²) in [5, 5.41) is 0. The van der Waals surface area contributed by atoms with Crippen LogP contribution >= 0.6 is 33.0 Å². The summed E-state index contributed by atoms with van der Waals surface area (Å²) < 4.78 is 4.83. The van der Waals surface area contributed by atoms with Crippen LogP contribution in [0.5, 0.6) is 0 Å². The maximum atomic E-state index is 7.68. The number of nitrogens with zero attached hydrogens (tertiary/aromatic N) is 1. The first-order chi connectivity index (χ1) is 12.4. The Hall–Kier alpha value is 0.230. The van der Waals surface area contributed by atoms with Crippen LogP contribution in [0.25, 0.3) is 11.6 Å². The molecule has 0 amide bonds. The van der Waals surface area contributed by atoms with Gasteiger partial charge in [0.05, 0.1) is 0 Å². The van der Waals surface area contributed by atoms with Crippen LogP contribution in [0.15, 0.2) is 47.1 Å². The van der Waals surface area contributed by atoms with Gasteiger partial charge in [-0.15, -0.1) is 0 Å². The number of pyridine rings is 1. The van der Waals surface area contributed by atoms with E-state index in [4.69, 9.17) is 17.0 Å². The predicted molar refractivity (Wildman–Crippen MR) is 122 cm³/mol. The first kappa shape index (κ1) is 21.9. The van der Waals surface area contributed by atoms with Crippen LogP contribution in [0.4, 0.5) is 0 Å². The molecule has 1 aliphatic rings. The molecule has 1 N–H and O–H groups in total. The Morgan fingerprint density at radius 1 is 1.15 bits per heavy atom. The summed E-state index contributed by atoms with van der Waals surface area (Å²) in [6, 6.07) is 12.5. The minimum atomic E-state index is -4.45. The van der Waals surface area contributed by atoms with Crippen molar-refractivity contribution in [1.82, 2.24) is 8.24 Å². The van der Waals surface area contributed by atoms with Crippen LogP contribution < -0.4 is 3.26 Å². The number of halogens is 3. The number of nitrogens with one attached hydrogen (secondary N) is 1. The number of aromatic nitrogens is 1. The zero-order valence-corrected chi connectivity index (χ0v) is 23.1. The molecule has 0 spiro atoms. The molecule has 3 rings (SSSR count). The minimum absolute atomic E-state index is 0.00124. The fourth-order valence-electron chi connectivity index (χ4n) is 3.94. The van der Waals surface area contributed by atoms with Crippen molar-refractivity contribution in [1.29, 1.82) is 0 Å². The molecule has 1 aromatic carbocycles. The molecule has 1 aromatic heterocycles. The van der Waals surface area contributed by atoms with Gasteiger partial charge < -0.3 is 0 Å². The summed E-state index contributed by atoms with van der Waals surface area (Å²) in [4.78, 5) is 4.66. The Morgan fingerprint density at radius 2 is 1.81 bits per heavy atom. The van der Waals surface area contributed by atoms with Gasteiger partial charge in [-0.1, -0.05) is 0 Å². The summed E-state index contributed by atoms with van der Waals surface area (Å²) in [6.07, 6.45) is 4.06. The van der Waals surface area contributed by atoms with Crippen LogP contribution in [-0.4, -0.2) is 16.4 Å². The zero-order valence-electron chi connectivity index (χ0n) is 16.4. The summed E-state index contributed by atoms with van der Waals surface area (Å²) in [5.41, 5.74) is 4.37. The Morgan fingerprint density at radius 3 is 2.41 bits per heavy atom. The van der Waals surface area contributed by atoms with Crippen LogP contribution in [0.1, 0.15) is 41.2 Å². The molecule has 0 fully saturated rings. The van der Waals surface area contributed by atoms with Gasteiger partial charge in [0.15, 0.2) is 0 Å². The molecule has 0 aliphatic heterocycles. The van der Waals surface area contributed by atoms with Crippen molar-refractivity contribution >= 4 is 50.5 Å². The molecule has 0 saturated carbocycles. The molecule has 0 bridgehead atoms. The third-order valence-electron chi connectivity index (χ3n) is 5.15. The van der Waals surface area contributed by atoms with E-state index in [1.54, 1.807) is 0 Å². The second-order valence-electron chi connectivity index (χ2n) is 8.70. The van der Waals surface area contributed by atoms with Crippen molar-refractivity contribution in [2.75, 3.05) is 0 Å². The third kappa shape index (κ3) is 4.25. The third-order valence-corrected chi connectivity index (χ3v) is 52.5. The second-order valence-corrected chi connectivity index (χ2v) is 50.3. The number of hydrogen-bond donors (Lipinski definition) is 1. The fourth-order valence-corrected chi connectivity index (χ4v) is 31.0. The van der Waals surface area contributed by atoms with E-state index in [1.807, 2.05) is 12.3 Å². The summed E-state index contributed by atoms with van der Waals surface area (Å²) in [5.74, 6) is -1.45. The molecular formula is C20H26BrCl2N2SiZr. The molecule has 1 unspecified atom stereocenters. The van der Waals surface area contributed by atoms with E-state index in [-0.39, 0.29) is 9.16 Å². The molecule has 1 heterocycles. The Kier molecular flexibility index (Phi) is 6.08. The first-order valence-electron chi connectivity index (χ1n) is 9.21. The molecule has 1 aliphatic carbocycles. The van der Waals surface area contributed by atoms with Crippen molar-refractivity contribution in [3.05, 3.63) is 63.9 Å². The van der Waals surface area contributed by atoms with E-state index >= 15 is 0 Å². The van der Waals surface area contributed by atoms with Gasteiger partial charge in [-0.05, 0) is 0 Å². The van der Waals surface area contributed by atoms with Gasteiger partial charge >= 0.3 is 182 Å². The molecule has 2 aromatic rings. The summed E-state index contributed by atoms with van der Waals surface area (Å²) in [7, 11) is 15.4. The van der Waals surface area contributed by atoms with Crippen molar-refractivity contribution in [2.24, 2.45) is 0 Å². The molecular weight excluding hydrogens is 538 g/mol. The van der Waals surface area contributed by atoms with Gasteiger partial charge in [0.1, 0.15) is 0 Å². The van der Waals surface area contributed by atoms with E-state index in [0.717, 1.165) is 15.7 Å². The number of hydrogen-bond acceptors (Lipinski definition) is 2. The van der Waals surface area contributed by atoms with Gasteiger partial charge in [-0.3, -0.25) is 0 Å². The first-order valence-corrected chi connectivity index (χ1v) is 26.1. The van der Waals surface area contributed by atoms with Crippen molar-refractivity contribution in [3.63, 3.8) is 0 Å². The van der Waals surface area contributed by atoms with E-state index in [2.05, 4.69) is 94.4 Å². The monoisotopic (exact) mass is 561 g/mol. The van der Waals surface area contributed by atoms with Gasteiger partial charge in [-0.25, -0.2) is 0 Å². The van der Waals surface area contributed by atoms with Gasteiger partial charge in [0.2, 0.25) is 0 Å². The van der Waals surface area contributed by atoms with Crippen molar-refractivity contribution < 1.29 is 15.8 Å². The summed E-state index contributed by atoms with van der Waals surface area (Å²) >= 11 is -0.870. The van der Waals surface area contributed by atoms with Crippen LogP contribution in [0, 0.1) is 0 Å². The Bertz CT molecular complexity index is 909. The average Bonchev–Trinajstić information content (AvgIpc) is 2.93. The quantitative estimate of drug-likeness (QED) is 0.417. The molecule has 145 valence electrons. The molecule has 27 heavy (non-hydrogen) atoms. The Labute approximate surface area is 180 Å². The van der Waals surface area contributed by atoms with Gasteiger partial charge in [0, 0.05) is 0 Å². The van der Waals surface area contributed by atoms with E-state index < -0.39 is 21.8 Å². The van der Waals surface area contributed by atoms with Crippen LogP contribution in [-0.2, 0) is 15.8 Å². The summed E-state index contributed by atoms with van der Waals surface area (Å²) in [6.45, 7) is 11.0. The van der Waals surface area contributed by atoms with Crippen LogP contribution in [0.2, 0.25) is 13.1 Å². The van der Waals surface area contributed by atoms with Crippen LogP contribution in [0.3, 0.4) is 0 Å².